The standard InChI is InChI=1S/C26H31BrN4O3/c27-23-14-22(34-25(23)31-5-7-33-8-6-31)15-28-30-26(32)29-21-3-1-18(2-4-21)24-19-10-16-9-17(12-19)13-20(24)11-16/h1-4,14-17,19-20,24H,5-13H2,(H2,29,30,32)/b28-15+. The molecule has 1 aliphatic heterocycles. The van der Waals surface area contributed by atoms with E-state index < -0.39 is 0 Å². The van der Waals surface area contributed by atoms with Gasteiger partial charge in [-0.3, -0.25) is 0 Å². The molecule has 34 heavy (non-hydrogen) atoms. The Balaban J connectivity index is 1.03. The van der Waals surface area contributed by atoms with E-state index in [0.717, 1.165) is 52.8 Å². The van der Waals surface area contributed by atoms with Gasteiger partial charge in [-0.05, 0) is 95.3 Å². The van der Waals surface area contributed by atoms with Crippen molar-refractivity contribution in [3.8, 4) is 0 Å². The zero-order valence-corrected chi connectivity index (χ0v) is 20.8. The maximum Gasteiger partial charge on any atom is 0.339 e. The number of nitrogens with zero attached hydrogens (tertiary/aromatic N) is 2. The number of furan rings is 1. The van der Waals surface area contributed by atoms with Gasteiger partial charge in [0.2, 0.25) is 5.88 Å². The van der Waals surface area contributed by atoms with Crippen LogP contribution in [-0.4, -0.2) is 38.5 Å². The molecule has 1 aromatic heterocycles. The molecule has 5 fully saturated rings. The van der Waals surface area contributed by atoms with Crippen molar-refractivity contribution in [2.75, 3.05) is 36.5 Å². The molecule has 180 valence electrons. The number of hydrogen-bond donors (Lipinski definition) is 2. The molecule has 0 atom stereocenters. The number of anilines is 2. The van der Waals surface area contributed by atoms with E-state index in [-0.39, 0.29) is 6.03 Å². The first kappa shape index (κ1) is 22.2. The molecule has 2 N–H and O–H groups in total. The molecule has 1 aromatic carbocycles. The number of nitrogens with one attached hydrogen (secondary N) is 2. The maximum atomic E-state index is 12.3. The van der Waals surface area contributed by atoms with Crippen LogP contribution in [0.15, 0.2) is 44.3 Å². The monoisotopic (exact) mass is 526 g/mol. The Labute approximate surface area is 208 Å². The Morgan fingerprint density at radius 3 is 2.38 bits per heavy atom. The lowest BCUT2D eigenvalue weighted by molar-refractivity contribution is -0.00277. The zero-order valence-electron chi connectivity index (χ0n) is 19.2. The first-order chi connectivity index (χ1) is 16.6. The fourth-order valence-electron chi connectivity index (χ4n) is 6.99. The van der Waals surface area contributed by atoms with Gasteiger partial charge in [0.25, 0.3) is 0 Å². The first-order valence-electron chi connectivity index (χ1n) is 12.4. The van der Waals surface area contributed by atoms with Crippen LogP contribution >= 0.6 is 15.9 Å². The SMILES string of the molecule is O=C(N/N=C/c1cc(Br)c(N2CCOCC2)o1)Nc1ccc(C2C3CC4CC(C3)CC2C4)cc1. The van der Waals surface area contributed by atoms with Crippen LogP contribution in [0.25, 0.3) is 0 Å². The van der Waals surface area contributed by atoms with Gasteiger partial charge in [-0.2, -0.15) is 5.10 Å². The summed E-state index contributed by atoms with van der Waals surface area (Å²) in [6.07, 6.45) is 8.64. The van der Waals surface area contributed by atoms with E-state index in [0.29, 0.717) is 24.9 Å². The average molecular weight is 527 g/mol. The van der Waals surface area contributed by atoms with Crippen LogP contribution in [0.5, 0.6) is 0 Å². The molecule has 0 radical (unpaired) electrons. The van der Waals surface area contributed by atoms with Crippen LogP contribution in [0.4, 0.5) is 16.4 Å². The van der Waals surface area contributed by atoms with Gasteiger partial charge < -0.3 is 19.4 Å². The highest BCUT2D eigenvalue weighted by molar-refractivity contribution is 9.10. The number of urea groups is 1. The highest BCUT2D eigenvalue weighted by atomic mass is 79.9. The number of halogens is 1. The van der Waals surface area contributed by atoms with Crippen molar-refractivity contribution in [2.24, 2.45) is 28.8 Å². The van der Waals surface area contributed by atoms with Crippen LogP contribution < -0.4 is 15.6 Å². The Bertz CT molecular complexity index is 1030. The van der Waals surface area contributed by atoms with Crippen molar-refractivity contribution in [2.45, 2.75) is 38.0 Å². The summed E-state index contributed by atoms with van der Waals surface area (Å²) >= 11 is 3.54. The fourth-order valence-corrected chi connectivity index (χ4v) is 7.55. The number of hydrazone groups is 1. The van der Waals surface area contributed by atoms with Crippen LogP contribution in [0.1, 0.15) is 49.3 Å². The van der Waals surface area contributed by atoms with E-state index in [2.05, 4.69) is 48.8 Å². The Kier molecular flexibility index (Phi) is 6.11. The Morgan fingerprint density at radius 1 is 1.03 bits per heavy atom. The van der Waals surface area contributed by atoms with Gasteiger partial charge in [0, 0.05) is 24.8 Å². The van der Waals surface area contributed by atoms with E-state index in [1.165, 1.54) is 43.9 Å². The number of amides is 2. The molecule has 2 heterocycles. The van der Waals surface area contributed by atoms with Gasteiger partial charge in [-0.15, -0.1) is 0 Å². The molecule has 7 rings (SSSR count). The topological polar surface area (TPSA) is 79.1 Å². The second kappa shape index (κ2) is 9.38. The summed E-state index contributed by atoms with van der Waals surface area (Å²) in [6, 6.07) is 9.91. The minimum atomic E-state index is -0.377. The van der Waals surface area contributed by atoms with Crippen LogP contribution in [0.3, 0.4) is 0 Å². The summed E-state index contributed by atoms with van der Waals surface area (Å²) in [4.78, 5) is 14.4. The second-order valence-electron chi connectivity index (χ2n) is 10.3. The van der Waals surface area contributed by atoms with Gasteiger partial charge in [-0.1, -0.05) is 12.1 Å². The number of benzene rings is 1. The lowest BCUT2D eigenvalue weighted by Gasteiger charge is -2.54. The van der Waals surface area contributed by atoms with Crippen molar-refractivity contribution in [3.63, 3.8) is 0 Å². The second-order valence-corrected chi connectivity index (χ2v) is 11.2. The minimum absolute atomic E-state index is 0.377. The Hall–Kier alpha value is -2.32. The van der Waals surface area contributed by atoms with Crippen molar-refractivity contribution >= 4 is 39.7 Å². The third kappa shape index (κ3) is 4.50. The third-order valence-corrected chi connectivity index (χ3v) is 8.69. The summed E-state index contributed by atoms with van der Waals surface area (Å²) in [5.74, 6) is 5.71. The molecular weight excluding hydrogens is 496 g/mol. The molecule has 5 aliphatic rings. The molecule has 0 unspecified atom stereocenters. The minimum Gasteiger partial charge on any atom is -0.438 e. The quantitative estimate of drug-likeness (QED) is 0.394. The van der Waals surface area contributed by atoms with Gasteiger partial charge >= 0.3 is 6.03 Å². The van der Waals surface area contributed by atoms with E-state index >= 15 is 0 Å². The summed E-state index contributed by atoms with van der Waals surface area (Å²) in [5.41, 5.74) is 4.73. The van der Waals surface area contributed by atoms with E-state index in [1.54, 1.807) is 0 Å². The zero-order chi connectivity index (χ0) is 23.1. The molecule has 8 heteroatoms. The largest absolute Gasteiger partial charge is 0.438 e. The molecule has 0 spiro atoms. The number of ether oxygens (including phenoxy) is 1. The van der Waals surface area contributed by atoms with Crippen molar-refractivity contribution in [1.82, 2.24) is 5.43 Å². The number of carbonyl (C=O) groups is 1. The number of rotatable bonds is 5. The number of morpholine rings is 1. The molecule has 4 saturated carbocycles. The summed E-state index contributed by atoms with van der Waals surface area (Å²) < 4.78 is 12.1. The predicted octanol–water partition coefficient (Wildman–Crippen LogP) is 5.57. The third-order valence-electron chi connectivity index (χ3n) is 8.12. The maximum absolute atomic E-state index is 12.3. The van der Waals surface area contributed by atoms with Gasteiger partial charge in [0.1, 0.15) is 0 Å². The van der Waals surface area contributed by atoms with Crippen molar-refractivity contribution in [1.29, 1.82) is 0 Å². The van der Waals surface area contributed by atoms with Gasteiger partial charge in [-0.25, -0.2) is 10.2 Å². The summed E-state index contributed by atoms with van der Waals surface area (Å²) in [5, 5.41) is 6.90. The molecule has 4 aliphatic carbocycles. The highest BCUT2D eigenvalue weighted by Gasteiger charge is 2.48. The lowest BCUT2D eigenvalue weighted by Crippen LogP contribution is -2.43. The highest BCUT2D eigenvalue weighted by Crippen LogP contribution is 2.59. The van der Waals surface area contributed by atoms with Crippen LogP contribution in [-0.2, 0) is 4.74 Å². The molecule has 2 aromatic rings. The fraction of sp³-hybridized carbons (Fsp3) is 0.538. The first-order valence-corrected chi connectivity index (χ1v) is 13.2. The van der Waals surface area contributed by atoms with E-state index in [1.807, 2.05) is 18.2 Å². The molecular formula is C26H31BrN4O3. The summed E-state index contributed by atoms with van der Waals surface area (Å²) in [7, 11) is 0. The van der Waals surface area contributed by atoms with Crippen molar-refractivity contribution in [3.05, 3.63) is 46.1 Å². The molecule has 4 bridgehead atoms. The van der Waals surface area contributed by atoms with Crippen LogP contribution in [0, 0.1) is 23.7 Å². The average Bonchev–Trinajstić information content (AvgIpc) is 3.20. The van der Waals surface area contributed by atoms with Crippen molar-refractivity contribution < 1.29 is 13.9 Å². The molecule has 2 amide bonds. The van der Waals surface area contributed by atoms with E-state index in [4.69, 9.17) is 9.15 Å². The molecule has 7 nitrogen and oxygen atoms in total. The number of carbonyl (C=O) groups excluding carboxylic acids is 1. The van der Waals surface area contributed by atoms with Gasteiger partial charge in [0.05, 0.1) is 23.9 Å². The van der Waals surface area contributed by atoms with Gasteiger partial charge in [0.15, 0.2) is 5.76 Å². The van der Waals surface area contributed by atoms with Crippen LogP contribution in [0.2, 0.25) is 0 Å². The predicted molar refractivity (Wildman–Crippen MR) is 135 cm³/mol. The number of hydrogen-bond acceptors (Lipinski definition) is 5. The lowest BCUT2D eigenvalue weighted by atomic mass is 9.51. The smallest absolute Gasteiger partial charge is 0.339 e. The summed E-state index contributed by atoms with van der Waals surface area (Å²) in [6.45, 7) is 2.93. The Morgan fingerprint density at radius 2 is 1.71 bits per heavy atom. The molecule has 1 saturated heterocycles. The van der Waals surface area contributed by atoms with E-state index in [9.17, 15) is 4.79 Å². The normalized spacial score (nSPS) is 30.1.